The molecule has 0 bridgehead atoms. The highest BCUT2D eigenvalue weighted by molar-refractivity contribution is 5.49. The number of methoxy groups -OCH3 is 1. The largest absolute Gasteiger partial charge is 0.497 e. The Bertz CT molecular complexity index is 499. The van der Waals surface area contributed by atoms with E-state index < -0.39 is 0 Å². The third-order valence-corrected chi connectivity index (χ3v) is 4.46. The van der Waals surface area contributed by atoms with Crippen LogP contribution in [0.2, 0.25) is 0 Å². The van der Waals surface area contributed by atoms with Crippen molar-refractivity contribution < 1.29 is 14.6 Å². The Morgan fingerprint density at radius 1 is 1.43 bits per heavy atom. The summed E-state index contributed by atoms with van der Waals surface area (Å²) < 4.78 is 11.4. The lowest BCUT2D eigenvalue weighted by atomic mass is 10.0. The molecule has 1 aromatic carbocycles. The molecule has 1 saturated carbocycles. The molecule has 2 N–H and O–H groups in total. The van der Waals surface area contributed by atoms with E-state index in [-0.39, 0.29) is 12.7 Å². The Morgan fingerprint density at radius 2 is 2.24 bits per heavy atom. The lowest BCUT2D eigenvalue weighted by Gasteiger charge is -2.19. The third kappa shape index (κ3) is 3.33. The van der Waals surface area contributed by atoms with Gasteiger partial charge in [-0.1, -0.05) is 0 Å². The highest BCUT2D eigenvalue weighted by Gasteiger charge is 2.31. The molecule has 2 aliphatic rings. The van der Waals surface area contributed by atoms with Gasteiger partial charge in [-0.25, -0.2) is 0 Å². The minimum atomic E-state index is 0.238. The summed E-state index contributed by atoms with van der Waals surface area (Å²) in [6, 6.07) is 4.55. The molecule has 4 nitrogen and oxygen atoms in total. The van der Waals surface area contributed by atoms with Gasteiger partial charge in [0.25, 0.3) is 0 Å². The summed E-state index contributed by atoms with van der Waals surface area (Å²) >= 11 is 0. The molecule has 3 rings (SSSR count). The minimum Gasteiger partial charge on any atom is -0.497 e. The summed E-state index contributed by atoms with van der Waals surface area (Å²) in [5, 5.41) is 12.8. The van der Waals surface area contributed by atoms with Crippen LogP contribution in [0.15, 0.2) is 12.1 Å². The smallest absolute Gasteiger partial charge is 0.127 e. The average Bonchev–Trinajstić information content (AvgIpc) is 3.24. The topological polar surface area (TPSA) is 50.7 Å². The van der Waals surface area contributed by atoms with E-state index in [1.165, 1.54) is 18.4 Å². The van der Waals surface area contributed by atoms with Gasteiger partial charge >= 0.3 is 0 Å². The zero-order valence-corrected chi connectivity index (χ0v) is 12.9. The summed E-state index contributed by atoms with van der Waals surface area (Å²) in [6.07, 6.45) is 4.57. The number of rotatable bonds is 7. The van der Waals surface area contributed by atoms with Gasteiger partial charge in [-0.05, 0) is 44.2 Å². The molecule has 1 heterocycles. The van der Waals surface area contributed by atoms with E-state index in [1.807, 2.05) is 0 Å². The van der Waals surface area contributed by atoms with E-state index in [1.54, 1.807) is 7.11 Å². The first-order chi connectivity index (χ1) is 10.2. The summed E-state index contributed by atoms with van der Waals surface area (Å²) in [5.74, 6) is 2.65. The standard InChI is InChI=1S/C17H25NO3/c1-11-7-13-8-15(20-2)9-14(17(13)21-11)10-18-16(5-6-19)12-3-4-12/h8-9,11-12,16,18-19H,3-7,10H2,1-2H3. The van der Waals surface area contributed by atoms with Crippen molar-refractivity contribution in [1.29, 1.82) is 0 Å². The molecule has 2 unspecified atom stereocenters. The molecule has 0 aromatic heterocycles. The number of ether oxygens (including phenoxy) is 2. The maximum atomic E-state index is 9.20. The monoisotopic (exact) mass is 291 g/mol. The van der Waals surface area contributed by atoms with Crippen LogP contribution in [-0.2, 0) is 13.0 Å². The van der Waals surface area contributed by atoms with Crippen LogP contribution in [0.25, 0.3) is 0 Å². The molecule has 21 heavy (non-hydrogen) atoms. The molecule has 0 spiro atoms. The van der Waals surface area contributed by atoms with Crippen molar-refractivity contribution in [2.45, 2.75) is 51.3 Å². The normalized spacial score (nSPS) is 21.8. The summed E-state index contributed by atoms with van der Waals surface area (Å²) in [5.41, 5.74) is 2.40. The highest BCUT2D eigenvalue weighted by Crippen LogP contribution is 2.37. The predicted molar refractivity (Wildman–Crippen MR) is 81.8 cm³/mol. The molecule has 1 aliphatic carbocycles. The van der Waals surface area contributed by atoms with Crippen LogP contribution in [0, 0.1) is 5.92 Å². The zero-order chi connectivity index (χ0) is 14.8. The Labute approximate surface area is 126 Å². The number of aliphatic hydroxyl groups excluding tert-OH is 1. The van der Waals surface area contributed by atoms with E-state index in [0.717, 1.165) is 42.4 Å². The van der Waals surface area contributed by atoms with Gasteiger partial charge in [0.05, 0.1) is 7.11 Å². The Morgan fingerprint density at radius 3 is 2.90 bits per heavy atom. The maximum absolute atomic E-state index is 9.20. The Kier molecular flexibility index (Phi) is 4.36. The van der Waals surface area contributed by atoms with Gasteiger partial charge in [0.2, 0.25) is 0 Å². The molecular weight excluding hydrogens is 266 g/mol. The average molecular weight is 291 g/mol. The van der Waals surface area contributed by atoms with Crippen LogP contribution in [0.1, 0.15) is 37.3 Å². The first-order valence-electron chi connectivity index (χ1n) is 7.92. The number of hydrogen-bond acceptors (Lipinski definition) is 4. The summed E-state index contributed by atoms with van der Waals surface area (Å²) in [4.78, 5) is 0. The molecule has 1 aromatic rings. The van der Waals surface area contributed by atoms with E-state index in [2.05, 4.69) is 24.4 Å². The van der Waals surface area contributed by atoms with Crippen LogP contribution in [0.4, 0.5) is 0 Å². The third-order valence-electron chi connectivity index (χ3n) is 4.46. The van der Waals surface area contributed by atoms with Crippen LogP contribution < -0.4 is 14.8 Å². The molecule has 116 valence electrons. The quantitative estimate of drug-likeness (QED) is 0.809. The molecule has 0 amide bonds. The van der Waals surface area contributed by atoms with Crippen molar-refractivity contribution in [3.8, 4) is 11.5 Å². The molecule has 1 aliphatic heterocycles. The highest BCUT2D eigenvalue weighted by atomic mass is 16.5. The van der Waals surface area contributed by atoms with E-state index in [4.69, 9.17) is 9.47 Å². The predicted octanol–water partition coefficient (Wildman–Crippen LogP) is 2.27. The van der Waals surface area contributed by atoms with Crippen molar-refractivity contribution in [2.24, 2.45) is 5.92 Å². The van der Waals surface area contributed by atoms with Crippen LogP contribution >= 0.6 is 0 Å². The molecular formula is C17H25NO3. The van der Waals surface area contributed by atoms with Crippen molar-refractivity contribution in [2.75, 3.05) is 13.7 Å². The molecule has 4 heteroatoms. The SMILES string of the molecule is COc1cc(CNC(CCO)C2CC2)c2c(c1)CC(C)O2. The second-order valence-electron chi connectivity index (χ2n) is 6.24. The molecule has 0 radical (unpaired) electrons. The lowest BCUT2D eigenvalue weighted by molar-refractivity contribution is 0.247. The fourth-order valence-electron chi connectivity index (χ4n) is 3.21. The Hall–Kier alpha value is -1.26. The molecule has 1 fully saturated rings. The Balaban J connectivity index is 1.73. The number of fused-ring (bicyclic) bond motifs is 1. The fourth-order valence-corrected chi connectivity index (χ4v) is 3.21. The van der Waals surface area contributed by atoms with E-state index >= 15 is 0 Å². The van der Waals surface area contributed by atoms with Gasteiger partial charge in [-0.2, -0.15) is 0 Å². The van der Waals surface area contributed by atoms with Gasteiger partial charge in [0, 0.05) is 36.7 Å². The number of nitrogens with one attached hydrogen (secondary N) is 1. The van der Waals surface area contributed by atoms with Crippen molar-refractivity contribution >= 4 is 0 Å². The second-order valence-corrected chi connectivity index (χ2v) is 6.24. The minimum absolute atomic E-state index is 0.238. The van der Waals surface area contributed by atoms with Gasteiger partial charge < -0.3 is 19.9 Å². The van der Waals surface area contributed by atoms with Crippen molar-refractivity contribution in [3.05, 3.63) is 23.3 Å². The van der Waals surface area contributed by atoms with Crippen LogP contribution in [-0.4, -0.2) is 31.0 Å². The van der Waals surface area contributed by atoms with Gasteiger partial charge in [0.1, 0.15) is 17.6 Å². The zero-order valence-electron chi connectivity index (χ0n) is 12.9. The van der Waals surface area contributed by atoms with Gasteiger partial charge in [-0.3, -0.25) is 0 Å². The first-order valence-corrected chi connectivity index (χ1v) is 7.92. The van der Waals surface area contributed by atoms with Crippen molar-refractivity contribution in [3.63, 3.8) is 0 Å². The fraction of sp³-hybridized carbons (Fsp3) is 0.647. The molecule has 2 atom stereocenters. The summed E-state index contributed by atoms with van der Waals surface area (Å²) in [7, 11) is 1.71. The van der Waals surface area contributed by atoms with Crippen LogP contribution in [0.3, 0.4) is 0 Å². The van der Waals surface area contributed by atoms with E-state index in [9.17, 15) is 5.11 Å². The van der Waals surface area contributed by atoms with Crippen molar-refractivity contribution in [1.82, 2.24) is 5.32 Å². The second kappa shape index (κ2) is 6.24. The maximum Gasteiger partial charge on any atom is 0.127 e. The first kappa shape index (κ1) is 14.7. The number of benzene rings is 1. The molecule has 0 saturated heterocycles. The number of aliphatic hydroxyl groups is 1. The van der Waals surface area contributed by atoms with Gasteiger partial charge in [-0.15, -0.1) is 0 Å². The lowest BCUT2D eigenvalue weighted by Crippen LogP contribution is -2.31. The van der Waals surface area contributed by atoms with Gasteiger partial charge in [0.15, 0.2) is 0 Å². The van der Waals surface area contributed by atoms with E-state index in [0.29, 0.717) is 6.04 Å². The summed E-state index contributed by atoms with van der Waals surface area (Å²) in [6.45, 7) is 3.12. The van der Waals surface area contributed by atoms with Crippen LogP contribution in [0.5, 0.6) is 11.5 Å². The number of hydrogen-bond donors (Lipinski definition) is 2.